The highest BCUT2D eigenvalue weighted by Crippen LogP contribution is 2.22. The Morgan fingerprint density at radius 3 is 2.89 bits per heavy atom. The van der Waals surface area contributed by atoms with Crippen LogP contribution in [0.5, 0.6) is 5.88 Å². The second-order valence-corrected chi connectivity index (χ2v) is 4.77. The molecular weight excluding hydrogens is 226 g/mol. The molecule has 1 N–H and O–H groups in total. The molecule has 4 heteroatoms. The number of methoxy groups -OCH3 is 1. The van der Waals surface area contributed by atoms with Gasteiger partial charge in [-0.15, -0.1) is 0 Å². The van der Waals surface area contributed by atoms with Crippen LogP contribution in [0.15, 0.2) is 18.2 Å². The van der Waals surface area contributed by atoms with Gasteiger partial charge in [-0.2, -0.15) is 4.98 Å². The Labute approximate surface area is 109 Å². The number of aromatic nitrogens is 1. The number of pyridine rings is 1. The van der Waals surface area contributed by atoms with Crippen molar-refractivity contribution in [3.05, 3.63) is 18.2 Å². The second-order valence-electron chi connectivity index (χ2n) is 4.77. The van der Waals surface area contributed by atoms with Gasteiger partial charge in [0.1, 0.15) is 5.82 Å². The molecule has 0 aromatic carbocycles. The van der Waals surface area contributed by atoms with Crippen molar-refractivity contribution in [2.45, 2.75) is 38.8 Å². The predicted molar refractivity (Wildman–Crippen MR) is 74.3 cm³/mol. The third-order valence-electron chi connectivity index (χ3n) is 3.68. The van der Waals surface area contributed by atoms with Gasteiger partial charge in [0.15, 0.2) is 0 Å². The van der Waals surface area contributed by atoms with Crippen LogP contribution in [-0.4, -0.2) is 37.3 Å². The molecular formula is C14H23N3O. The fraction of sp³-hybridized carbons (Fsp3) is 0.643. The van der Waals surface area contributed by atoms with Crippen LogP contribution in [0.1, 0.15) is 26.7 Å². The highest BCUT2D eigenvalue weighted by molar-refractivity contribution is 5.43. The maximum atomic E-state index is 5.21. The molecule has 2 unspecified atom stereocenters. The van der Waals surface area contributed by atoms with E-state index in [2.05, 4.69) is 35.1 Å². The lowest BCUT2D eigenvalue weighted by Gasteiger charge is -2.40. The molecule has 0 spiro atoms. The predicted octanol–water partition coefficient (Wildman–Crippen LogP) is 2.06. The summed E-state index contributed by atoms with van der Waals surface area (Å²) in [5.74, 6) is 1.72. The highest BCUT2D eigenvalue weighted by atomic mass is 16.5. The van der Waals surface area contributed by atoms with Crippen molar-refractivity contribution in [1.29, 1.82) is 0 Å². The summed E-state index contributed by atoms with van der Waals surface area (Å²) in [5, 5.41) is 3.60. The molecule has 4 nitrogen and oxygen atoms in total. The average molecular weight is 249 g/mol. The Kier molecular flexibility index (Phi) is 4.42. The molecule has 18 heavy (non-hydrogen) atoms. The summed E-state index contributed by atoms with van der Waals surface area (Å²) in [5.41, 5.74) is 0. The van der Waals surface area contributed by atoms with Gasteiger partial charge in [0.25, 0.3) is 0 Å². The smallest absolute Gasteiger partial charge is 0.214 e. The molecule has 0 amide bonds. The first-order valence-corrected chi connectivity index (χ1v) is 6.79. The van der Waals surface area contributed by atoms with Crippen LogP contribution in [-0.2, 0) is 0 Å². The van der Waals surface area contributed by atoms with Crippen LogP contribution in [0.3, 0.4) is 0 Å². The fourth-order valence-corrected chi connectivity index (χ4v) is 2.46. The number of nitrogens with zero attached hydrogens (tertiary/aromatic N) is 2. The van der Waals surface area contributed by atoms with Crippen LogP contribution in [0.4, 0.5) is 5.82 Å². The number of piperazine rings is 1. The number of ether oxygens (including phenoxy) is 1. The molecule has 1 fully saturated rings. The Balaban J connectivity index is 2.20. The molecule has 1 aliphatic heterocycles. The first-order valence-electron chi connectivity index (χ1n) is 6.79. The first-order chi connectivity index (χ1) is 8.78. The minimum absolute atomic E-state index is 0.521. The van der Waals surface area contributed by atoms with Gasteiger partial charge in [0.2, 0.25) is 5.88 Å². The molecule has 0 saturated carbocycles. The third kappa shape index (κ3) is 2.75. The Hall–Kier alpha value is -1.29. The maximum Gasteiger partial charge on any atom is 0.214 e. The second kappa shape index (κ2) is 6.05. The lowest BCUT2D eigenvalue weighted by atomic mass is 10.1. The van der Waals surface area contributed by atoms with Crippen molar-refractivity contribution in [1.82, 2.24) is 10.3 Å². The third-order valence-corrected chi connectivity index (χ3v) is 3.68. The van der Waals surface area contributed by atoms with Crippen molar-refractivity contribution in [2.75, 3.05) is 25.1 Å². The summed E-state index contributed by atoms with van der Waals surface area (Å²) in [6.45, 7) is 6.51. The number of hydrogen-bond acceptors (Lipinski definition) is 4. The largest absolute Gasteiger partial charge is 0.481 e. The molecule has 1 aromatic rings. The summed E-state index contributed by atoms with van der Waals surface area (Å²) in [6.07, 6.45) is 2.28. The molecule has 1 aliphatic rings. The minimum Gasteiger partial charge on any atom is -0.481 e. The van der Waals surface area contributed by atoms with E-state index >= 15 is 0 Å². The van der Waals surface area contributed by atoms with E-state index in [1.807, 2.05) is 12.1 Å². The quantitative estimate of drug-likeness (QED) is 0.886. The van der Waals surface area contributed by atoms with Crippen molar-refractivity contribution < 1.29 is 4.74 Å². The topological polar surface area (TPSA) is 37.4 Å². The summed E-state index contributed by atoms with van der Waals surface area (Å²) in [4.78, 5) is 6.97. The van der Waals surface area contributed by atoms with Gasteiger partial charge in [-0.05, 0) is 18.9 Å². The van der Waals surface area contributed by atoms with E-state index < -0.39 is 0 Å². The maximum absolute atomic E-state index is 5.21. The zero-order valence-electron chi connectivity index (χ0n) is 11.5. The van der Waals surface area contributed by atoms with Crippen LogP contribution < -0.4 is 15.0 Å². The Bertz CT molecular complexity index is 383. The minimum atomic E-state index is 0.521. The highest BCUT2D eigenvalue weighted by Gasteiger charge is 2.26. The summed E-state index contributed by atoms with van der Waals surface area (Å²) in [7, 11) is 1.66. The van der Waals surface area contributed by atoms with Crippen LogP contribution in [0, 0.1) is 0 Å². The van der Waals surface area contributed by atoms with Gasteiger partial charge in [-0.3, -0.25) is 0 Å². The first kappa shape index (κ1) is 13.1. The molecule has 2 atom stereocenters. The van der Waals surface area contributed by atoms with Gasteiger partial charge in [-0.1, -0.05) is 19.9 Å². The molecule has 100 valence electrons. The lowest BCUT2D eigenvalue weighted by molar-refractivity contribution is 0.371. The molecule has 2 heterocycles. The van der Waals surface area contributed by atoms with Gasteiger partial charge in [-0.25, -0.2) is 0 Å². The van der Waals surface area contributed by atoms with Gasteiger partial charge in [0.05, 0.1) is 7.11 Å². The molecule has 1 saturated heterocycles. The van der Waals surface area contributed by atoms with E-state index in [0.717, 1.165) is 31.7 Å². The van der Waals surface area contributed by atoms with Crippen LogP contribution >= 0.6 is 0 Å². The number of hydrogen-bond donors (Lipinski definition) is 1. The molecule has 2 rings (SSSR count). The van der Waals surface area contributed by atoms with E-state index in [1.165, 1.54) is 0 Å². The van der Waals surface area contributed by atoms with Crippen molar-refractivity contribution in [2.24, 2.45) is 0 Å². The summed E-state index contributed by atoms with van der Waals surface area (Å²) >= 11 is 0. The van der Waals surface area contributed by atoms with E-state index in [9.17, 15) is 0 Å². The number of nitrogens with one attached hydrogen (secondary N) is 1. The molecule has 0 radical (unpaired) electrons. The van der Waals surface area contributed by atoms with Crippen LogP contribution in [0.2, 0.25) is 0 Å². The lowest BCUT2D eigenvalue weighted by Crippen LogP contribution is -2.56. The van der Waals surface area contributed by atoms with E-state index in [0.29, 0.717) is 18.0 Å². The monoisotopic (exact) mass is 249 g/mol. The van der Waals surface area contributed by atoms with Gasteiger partial charge >= 0.3 is 0 Å². The zero-order chi connectivity index (χ0) is 13.0. The van der Waals surface area contributed by atoms with Gasteiger partial charge in [0, 0.05) is 31.2 Å². The number of anilines is 1. The number of rotatable bonds is 4. The normalized spacial score (nSPS) is 24.1. The summed E-state index contributed by atoms with van der Waals surface area (Å²) in [6, 6.07) is 7.05. The standard InChI is InChI=1S/C14H23N3O/c1-4-11-10-17(12(5-2)9-15-11)13-7-6-8-14(16-13)18-3/h6-8,11-12,15H,4-5,9-10H2,1-3H3. The zero-order valence-corrected chi connectivity index (χ0v) is 11.5. The Morgan fingerprint density at radius 1 is 1.39 bits per heavy atom. The fourth-order valence-electron chi connectivity index (χ4n) is 2.46. The molecule has 0 bridgehead atoms. The molecule has 0 aliphatic carbocycles. The van der Waals surface area contributed by atoms with E-state index in [1.54, 1.807) is 7.11 Å². The summed E-state index contributed by atoms with van der Waals surface area (Å²) < 4.78 is 5.21. The van der Waals surface area contributed by atoms with E-state index in [-0.39, 0.29) is 0 Å². The average Bonchev–Trinajstić information content (AvgIpc) is 2.46. The van der Waals surface area contributed by atoms with Gasteiger partial charge < -0.3 is 15.0 Å². The SMILES string of the molecule is CCC1CN(c2cccc(OC)n2)C(CC)CN1. The Morgan fingerprint density at radius 2 is 2.22 bits per heavy atom. The van der Waals surface area contributed by atoms with E-state index in [4.69, 9.17) is 4.74 Å². The van der Waals surface area contributed by atoms with Crippen molar-refractivity contribution >= 4 is 5.82 Å². The van der Waals surface area contributed by atoms with Crippen LogP contribution in [0.25, 0.3) is 0 Å². The van der Waals surface area contributed by atoms with Crippen molar-refractivity contribution in [3.63, 3.8) is 0 Å². The molecule has 1 aromatic heterocycles. The van der Waals surface area contributed by atoms with Crippen molar-refractivity contribution in [3.8, 4) is 5.88 Å².